The van der Waals surface area contributed by atoms with Gasteiger partial charge in [0.05, 0.1) is 17.9 Å². The number of nitrogens with one attached hydrogen (secondary N) is 2. The predicted octanol–water partition coefficient (Wildman–Crippen LogP) is 2.07. The van der Waals surface area contributed by atoms with Crippen LogP contribution in [0.1, 0.15) is 5.69 Å². The molecule has 0 aliphatic rings. The molecule has 0 aliphatic heterocycles. The lowest BCUT2D eigenvalue weighted by atomic mass is 10.4. The van der Waals surface area contributed by atoms with Gasteiger partial charge in [-0.15, -0.1) is 0 Å². The normalized spacial score (nSPS) is 10.1. The molecular formula is C9H9ClN4. The highest BCUT2D eigenvalue weighted by molar-refractivity contribution is 6.31. The number of aromatic amines is 1. The van der Waals surface area contributed by atoms with Crippen molar-refractivity contribution in [2.45, 2.75) is 6.54 Å². The van der Waals surface area contributed by atoms with Crippen molar-refractivity contribution in [3.05, 3.63) is 41.4 Å². The number of aromatic nitrogens is 3. The quantitative estimate of drug-likeness (QED) is 0.760. The third kappa shape index (κ3) is 2.03. The zero-order valence-corrected chi connectivity index (χ0v) is 8.12. The van der Waals surface area contributed by atoms with Crippen LogP contribution in [0.2, 0.25) is 5.15 Å². The summed E-state index contributed by atoms with van der Waals surface area (Å²) in [5, 5.41) is 10.3. The van der Waals surface area contributed by atoms with Crippen LogP contribution < -0.4 is 5.32 Å². The van der Waals surface area contributed by atoms with Crippen LogP contribution in [0.4, 0.5) is 5.69 Å². The molecule has 2 N–H and O–H groups in total. The zero-order valence-electron chi connectivity index (χ0n) is 7.37. The van der Waals surface area contributed by atoms with E-state index in [1.165, 1.54) is 0 Å². The van der Waals surface area contributed by atoms with Crippen LogP contribution in [-0.4, -0.2) is 15.2 Å². The van der Waals surface area contributed by atoms with Gasteiger partial charge < -0.3 is 5.32 Å². The Morgan fingerprint density at radius 2 is 2.29 bits per heavy atom. The summed E-state index contributed by atoms with van der Waals surface area (Å²) < 4.78 is 0. The topological polar surface area (TPSA) is 53.6 Å². The first kappa shape index (κ1) is 9.02. The molecular weight excluding hydrogens is 200 g/mol. The van der Waals surface area contributed by atoms with E-state index in [1.54, 1.807) is 12.4 Å². The van der Waals surface area contributed by atoms with Gasteiger partial charge in [0.2, 0.25) is 0 Å². The first-order valence-electron chi connectivity index (χ1n) is 4.19. The van der Waals surface area contributed by atoms with Gasteiger partial charge in [-0.1, -0.05) is 11.6 Å². The van der Waals surface area contributed by atoms with E-state index in [2.05, 4.69) is 20.5 Å². The highest BCUT2D eigenvalue weighted by Crippen LogP contribution is 2.17. The lowest BCUT2D eigenvalue weighted by Gasteiger charge is -2.05. The largest absolute Gasteiger partial charge is 0.377 e. The van der Waals surface area contributed by atoms with E-state index >= 15 is 0 Å². The second-order valence-corrected chi connectivity index (χ2v) is 3.14. The van der Waals surface area contributed by atoms with E-state index < -0.39 is 0 Å². The first-order chi connectivity index (χ1) is 6.86. The minimum absolute atomic E-state index is 0.479. The molecule has 5 heteroatoms. The van der Waals surface area contributed by atoms with Crippen LogP contribution in [-0.2, 0) is 6.54 Å². The molecule has 0 atom stereocenters. The fourth-order valence-corrected chi connectivity index (χ4v) is 1.28. The number of nitrogens with zero attached hydrogens (tertiary/aromatic N) is 2. The maximum Gasteiger partial charge on any atom is 0.152 e. The van der Waals surface area contributed by atoms with Crippen LogP contribution in [0.5, 0.6) is 0 Å². The van der Waals surface area contributed by atoms with Crippen molar-refractivity contribution >= 4 is 17.3 Å². The Morgan fingerprint density at radius 3 is 3.00 bits per heavy atom. The molecule has 2 aromatic heterocycles. The molecule has 0 saturated heterocycles. The van der Waals surface area contributed by atoms with E-state index in [0.717, 1.165) is 11.4 Å². The number of rotatable bonds is 3. The number of H-pyrrole nitrogens is 1. The van der Waals surface area contributed by atoms with Gasteiger partial charge in [-0.2, -0.15) is 5.10 Å². The molecule has 0 bridgehead atoms. The van der Waals surface area contributed by atoms with Crippen molar-refractivity contribution < 1.29 is 0 Å². The standard InChI is InChI=1S/C9H9ClN4/c10-9-8(2-1-4-11-9)12-6-7-3-5-13-14-7/h1-5,12H,6H2,(H,13,14). The Hall–Kier alpha value is -1.55. The number of pyridine rings is 1. The van der Waals surface area contributed by atoms with Crippen LogP contribution in [0.15, 0.2) is 30.6 Å². The summed E-state index contributed by atoms with van der Waals surface area (Å²) in [6.45, 7) is 0.658. The Balaban J connectivity index is 2.02. The Bertz CT molecular complexity index is 399. The highest BCUT2D eigenvalue weighted by atomic mass is 35.5. The minimum Gasteiger partial charge on any atom is -0.377 e. The Labute approximate surface area is 86.3 Å². The highest BCUT2D eigenvalue weighted by Gasteiger charge is 1.99. The van der Waals surface area contributed by atoms with Crippen molar-refractivity contribution in [3.8, 4) is 0 Å². The van der Waals surface area contributed by atoms with Crippen molar-refractivity contribution in [1.29, 1.82) is 0 Å². The van der Waals surface area contributed by atoms with Gasteiger partial charge in [-0.3, -0.25) is 5.10 Å². The third-order valence-electron chi connectivity index (χ3n) is 1.79. The average Bonchev–Trinajstić information content (AvgIpc) is 2.69. The third-order valence-corrected chi connectivity index (χ3v) is 2.09. The molecule has 0 aromatic carbocycles. The fourth-order valence-electron chi connectivity index (χ4n) is 1.09. The van der Waals surface area contributed by atoms with Gasteiger partial charge in [0, 0.05) is 12.4 Å². The number of anilines is 1. The van der Waals surface area contributed by atoms with Gasteiger partial charge in [-0.25, -0.2) is 4.98 Å². The monoisotopic (exact) mass is 208 g/mol. The summed E-state index contributed by atoms with van der Waals surface area (Å²) in [5.41, 5.74) is 1.83. The van der Waals surface area contributed by atoms with E-state index in [0.29, 0.717) is 11.7 Å². The lowest BCUT2D eigenvalue weighted by molar-refractivity contribution is 0.980. The molecule has 2 aromatic rings. The Morgan fingerprint density at radius 1 is 1.36 bits per heavy atom. The zero-order chi connectivity index (χ0) is 9.80. The molecule has 0 fully saturated rings. The lowest BCUT2D eigenvalue weighted by Crippen LogP contribution is -2.00. The van der Waals surface area contributed by atoms with Crippen LogP contribution in [0.25, 0.3) is 0 Å². The van der Waals surface area contributed by atoms with Gasteiger partial charge >= 0.3 is 0 Å². The van der Waals surface area contributed by atoms with Crippen molar-refractivity contribution in [2.24, 2.45) is 0 Å². The van der Waals surface area contributed by atoms with E-state index in [1.807, 2.05) is 18.2 Å². The van der Waals surface area contributed by atoms with E-state index in [4.69, 9.17) is 11.6 Å². The number of hydrogen-bond acceptors (Lipinski definition) is 3. The minimum atomic E-state index is 0.479. The summed E-state index contributed by atoms with van der Waals surface area (Å²) >= 11 is 5.86. The van der Waals surface area contributed by atoms with Crippen LogP contribution in [0, 0.1) is 0 Å². The van der Waals surface area contributed by atoms with Gasteiger partial charge in [0.25, 0.3) is 0 Å². The maximum atomic E-state index is 5.86. The average molecular weight is 209 g/mol. The molecule has 0 saturated carbocycles. The molecule has 0 radical (unpaired) electrons. The summed E-state index contributed by atoms with van der Waals surface area (Å²) in [4.78, 5) is 3.96. The SMILES string of the molecule is Clc1ncccc1NCc1ccn[nH]1. The molecule has 0 unspecified atom stereocenters. The molecule has 14 heavy (non-hydrogen) atoms. The summed E-state index contributed by atoms with van der Waals surface area (Å²) in [6.07, 6.45) is 3.37. The summed E-state index contributed by atoms with van der Waals surface area (Å²) in [7, 11) is 0. The van der Waals surface area contributed by atoms with Crippen LogP contribution in [0.3, 0.4) is 0 Å². The summed E-state index contributed by atoms with van der Waals surface area (Å²) in [5.74, 6) is 0. The second kappa shape index (κ2) is 4.11. The molecule has 4 nitrogen and oxygen atoms in total. The molecule has 72 valence electrons. The van der Waals surface area contributed by atoms with E-state index in [-0.39, 0.29) is 0 Å². The van der Waals surface area contributed by atoms with Crippen molar-refractivity contribution in [2.75, 3.05) is 5.32 Å². The van der Waals surface area contributed by atoms with Gasteiger partial charge in [0.1, 0.15) is 0 Å². The van der Waals surface area contributed by atoms with Gasteiger partial charge in [-0.05, 0) is 18.2 Å². The first-order valence-corrected chi connectivity index (χ1v) is 4.57. The molecule has 0 spiro atoms. The van der Waals surface area contributed by atoms with Crippen molar-refractivity contribution in [1.82, 2.24) is 15.2 Å². The number of hydrogen-bond donors (Lipinski definition) is 2. The number of halogens is 1. The van der Waals surface area contributed by atoms with Crippen LogP contribution >= 0.6 is 11.6 Å². The Kier molecular flexibility index (Phi) is 2.65. The fraction of sp³-hybridized carbons (Fsp3) is 0.111. The van der Waals surface area contributed by atoms with E-state index in [9.17, 15) is 0 Å². The maximum absolute atomic E-state index is 5.86. The molecule has 2 heterocycles. The smallest absolute Gasteiger partial charge is 0.152 e. The molecule has 0 amide bonds. The second-order valence-electron chi connectivity index (χ2n) is 2.78. The summed E-state index contributed by atoms with van der Waals surface area (Å²) in [6, 6.07) is 5.62. The predicted molar refractivity (Wildman–Crippen MR) is 55.2 cm³/mol. The van der Waals surface area contributed by atoms with Gasteiger partial charge in [0.15, 0.2) is 5.15 Å². The molecule has 0 aliphatic carbocycles. The van der Waals surface area contributed by atoms with Crippen molar-refractivity contribution in [3.63, 3.8) is 0 Å². The molecule has 2 rings (SSSR count).